The van der Waals surface area contributed by atoms with E-state index in [2.05, 4.69) is 20.9 Å². The molecule has 0 saturated carbocycles. The monoisotopic (exact) mass is 457 g/mol. The first-order valence-electron chi connectivity index (χ1n) is 10.1. The van der Waals surface area contributed by atoms with E-state index in [1.807, 2.05) is 0 Å². The summed E-state index contributed by atoms with van der Waals surface area (Å²) >= 11 is 0.891. The zero-order valence-corrected chi connectivity index (χ0v) is 17.8. The summed E-state index contributed by atoms with van der Waals surface area (Å²) < 4.78 is 27.9. The van der Waals surface area contributed by atoms with E-state index in [4.69, 9.17) is 5.73 Å². The van der Waals surface area contributed by atoms with Gasteiger partial charge in [-0.3, -0.25) is 9.59 Å². The number of nitrogens with zero attached hydrogens (tertiary/aromatic N) is 1. The number of amides is 1. The third-order valence-corrected chi connectivity index (χ3v) is 6.10. The van der Waals surface area contributed by atoms with Gasteiger partial charge in [-0.25, -0.2) is 13.8 Å². The number of ketones is 1. The summed E-state index contributed by atoms with van der Waals surface area (Å²) in [6, 6.07) is 10.2. The number of hydrogen-bond donors (Lipinski definition) is 4. The maximum absolute atomic E-state index is 13.9. The molecule has 2 heterocycles. The Morgan fingerprint density at radius 2 is 1.88 bits per heavy atom. The third kappa shape index (κ3) is 4.76. The molecular formula is C22H21F2N5O2S. The van der Waals surface area contributed by atoms with E-state index >= 15 is 0 Å². The molecule has 4 rings (SSSR count). The van der Waals surface area contributed by atoms with Gasteiger partial charge in [-0.1, -0.05) is 17.4 Å². The molecule has 1 fully saturated rings. The largest absolute Gasteiger partial charge is 0.382 e. The Hall–Kier alpha value is -3.37. The summed E-state index contributed by atoms with van der Waals surface area (Å²) in [7, 11) is 0. The molecule has 5 N–H and O–H groups in total. The van der Waals surface area contributed by atoms with Crippen molar-refractivity contribution in [1.82, 2.24) is 15.6 Å². The molecule has 3 aromatic rings. The minimum absolute atomic E-state index is 0.0620. The summed E-state index contributed by atoms with van der Waals surface area (Å²) in [5, 5.41) is 9.51. The average molecular weight is 458 g/mol. The minimum atomic E-state index is -0.963. The van der Waals surface area contributed by atoms with Crippen molar-refractivity contribution in [2.75, 3.05) is 24.1 Å². The molecule has 10 heteroatoms. The van der Waals surface area contributed by atoms with Crippen molar-refractivity contribution >= 4 is 39.7 Å². The maximum Gasteiger partial charge on any atom is 0.251 e. The molecule has 1 aliphatic heterocycles. The molecule has 7 nitrogen and oxygen atoms in total. The summed E-state index contributed by atoms with van der Waals surface area (Å²) in [5.74, 6) is -3.08. The van der Waals surface area contributed by atoms with Crippen molar-refractivity contribution < 1.29 is 18.4 Å². The average Bonchev–Trinajstić information content (AvgIpc) is 3.42. The number of halogens is 2. The number of hydrogen-bond acceptors (Lipinski definition) is 7. The smallest absolute Gasteiger partial charge is 0.251 e. The number of aromatic nitrogens is 1. The predicted octanol–water partition coefficient (Wildman–Crippen LogP) is 3.46. The summed E-state index contributed by atoms with van der Waals surface area (Å²) in [6.45, 7) is 1.56. The fourth-order valence-electron chi connectivity index (χ4n) is 3.45. The zero-order chi connectivity index (χ0) is 22.7. The van der Waals surface area contributed by atoms with Crippen LogP contribution in [0.25, 0.3) is 0 Å². The maximum atomic E-state index is 13.9. The van der Waals surface area contributed by atoms with Crippen LogP contribution in [0.2, 0.25) is 0 Å². The standard InChI is InChI=1S/C22H21F2N5O2S/c23-15-4-1-5-16(24)17(15)18(30)19-20(25)29-22(32-19)28-13-8-6-12(7-9-13)21(31)27-11-14-3-2-10-26-14/h1,4-9,14,26H,2-3,10-11,25H2,(H,27,31)(H,28,29)/t14-/m0/s1. The lowest BCUT2D eigenvalue weighted by Gasteiger charge is -2.11. The molecule has 1 aromatic heterocycles. The van der Waals surface area contributed by atoms with Crippen LogP contribution in [0.3, 0.4) is 0 Å². The van der Waals surface area contributed by atoms with Crippen LogP contribution in [0.4, 0.5) is 25.4 Å². The van der Waals surface area contributed by atoms with Crippen LogP contribution in [0.15, 0.2) is 42.5 Å². The molecular weight excluding hydrogens is 436 g/mol. The fourth-order valence-corrected chi connectivity index (χ4v) is 4.30. The van der Waals surface area contributed by atoms with Crippen molar-refractivity contribution in [2.24, 2.45) is 0 Å². The van der Waals surface area contributed by atoms with Crippen molar-refractivity contribution in [3.8, 4) is 0 Å². The van der Waals surface area contributed by atoms with Gasteiger partial charge in [0.05, 0.1) is 5.56 Å². The Labute approximate surface area is 187 Å². The number of carbonyl (C=O) groups is 2. The lowest BCUT2D eigenvalue weighted by Crippen LogP contribution is -2.37. The van der Waals surface area contributed by atoms with Gasteiger partial charge in [0.25, 0.3) is 5.91 Å². The number of benzene rings is 2. The van der Waals surface area contributed by atoms with Crippen molar-refractivity contribution in [1.29, 1.82) is 0 Å². The normalized spacial score (nSPS) is 15.5. The number of rotatable bonds is 7. The van der Waals surface area contributed by atoms with Gasteiger partial charge in [0.15, 0.2) is 5.13 Å². The second-order valence-corrected chi connectivity index (χ2v) is 8.36. The second-order valence-electron chi connectivity index (χ2n) is 7.36. The first-order valence-corrected chi connectivity index (χ1v) is 10.9. The van der Waals surface area contributed by atoms with Crippen molar-refractivity contribution in [3.63, 3.8) is 0 Å². The Morgan fingerprint density at radius 1 is 1.16 bits per heavy atom. The van der Waals surface area contributed by atoms with Gasteiger partial charge in [0.1, 0.15) is 22.3 Å². The van der Waals surface area contributed by atoms with Gasteiger partial charge in [0.2, 0.25) is 5.78 Å². The molecule has 0 aliphatic carbocycles. The number of nitrogen functional groups attached to an aromatic ring is 1. The van der Waals surface area contributed by atoms with Gasteiger partial charge in [-0.05, 0) is 55.8 Å². The van der Waals surface area contributed by atoms with Crippen molar-refractivity contribution in [3.05, 3.63) is 70.1 Å². The lowest BCUT2D eigenvalue weighted by molar-refractivity contribution is 0.0949. The predicted molar refractivity (Wildman–Crippen MR) is 119 cm³/mol. The van der Waals surface area contributed by atoms with Crippen LogP contribution >= 0.6 is 11.3 Å². The van der Waals surface area contributed by atoms with Gasteiger partial charge in [0, 0.05) is 23.8 Å². The Balaban J connectivity index is 1.42. The SMILES string of the molecule is Nc1nc(Nc2ccc(C(=O)NC[C@@H]3CCCN3)cc2)sc1C(=O)c1c(F)cccc1F. The minimum Gasteiger partial charge on any atom is -0.382 e. The summed E-state index contributed by atoms with van der Waals surface area (Å²) in [5.41, 5.74) is 6.28. The highest BCUT2D eigenvalue weighted by Crippen LogP contribution is 2.31. The Kier molecular flexibility index (Phi) is 6.42. The highest BCUT2D eigenvalue weighted by atomic mass is 32.1. The molecule has 0 bridgehead atoms. The second kappa shape index (κ2) is 9.41. The quantitative estimate of drug-likeness (QED) is 0.405. The van der Waals surface area contributed by atoms with Crippen LogP contribution in [0.1, 0.15) is 38.4 Å². The molecule has 32 heavy (non-hydrogen) atoms. The summed E-state index contributed by atoms with van der Waals surface area (Å²) in [6.07, 6.45) is 2.17. The molecule has 1 saturated heterocycles. The molecule has 166 valence electrons. The van der Waals surface area contributed by atoms with Gasteiger partial charge in [-0.2, -0.15) is 0 Å². The van der Waals surface area contributed by atoms with Crippen LogP contribution in [0.5, 0.6) is 0 Å². The lowest BCUT2D eigenvalue weighted by atomic mass is 10.1. The molecule has 1 aliphatic rings. The number of anilines is 3. The van der Waals surface area contributed by atoms with E-state index in [1.165, 1.54) is 6.07 Å². The molecule has 0 spiro atoms. The number of nitrogens with two attached hydrogens (primary N) is 1. The number of carbonyl (C=O) groups excluding carboxylic acids is 2. The fraction of sp³-hybridized carbons (Fsp3) is 0.227. The van der Waals surface area contributed by atoms with E-state index in [0.29, 0.717) is 23.8 Å². The first-order chi connectivity index (χ1) is 15.4. The van der Waals surface area contributed by atoms with Crippen molar-refractivity contribution in [2.45, 2.75) is 18.9 Å². The topological polar surface area (TPSA) is 109 Å². The van der Waals surface area contributed by atoms with Gasteiger partial charge >= 0.3 is 0 Å². The molecule has 0 radical (unpaired) electrons. The van der Waals surface area contributed by atoms with E-state index < -0.39 is 23.0 Å². The van der Waals surface area contributed by atoms with Crippen LogP contribution in [0, 0.1) is 11.6 Å². The van der Waals surface area contributed by atoms with Crippen LogP contribution in [-0.4, -0.2) is 35.8 Å². The number of nitrogens with one attached hydrogen (secondary N) is 3. The molecule has 2 aromatic carbocycles. The molecule has 1 amide bonds. The Morgan fingerprint density at radius 3 is 2.53 bits per heavy atom. The van der Waals surface area contributed by atoms with Crippen LogP contribution in [-0.2, 0) is 0 Å². The van der Waals surface area contributed by atoms with E-state index in [-0.39, 0.29) is 21.7 Å². The van der Waals surface area contributed by atoms with E-state index in [0.717, 1.165) is 42.9 Å². The van der Waals surface area contributed by atoms with E-state index in [1.54, 1.807) is 24.3 Å². The van der Waals surface area contributed by atoms with Crippen LogP contribution < -0.4 is 21.7 Å². The summed E-state index contributed by atoms with van der Waals surface area (Å²) in [4.78, 5) is 28.9. The third-order valence-electron chi connectivity index (χ3n) is 5.12. The highest BCUT2D eigenvalue weighted by molar-refractivity contribution is 7.18. The molecule has 0 unspecified atom stereocenters. The number of thiazole rings is 1. The first kappa shape index (κ1) is 21.8. The zero-order valence-electron chi connectivity index (χ0n) is 17.0. The molecule has 1 atom stereocenters. The highest BCUT2D eigenvalue weighted by Gasteiger charge is 2.24. The van der Waals surface area contributed by atoms with Gasteiger partial charge in [-0.15, -0.1) is 0 Å². The van der Waals surface area contributed by atoms with Gasteiger partial charge < -0.3 is 21.7 Å². The Bertz CT molecular complexity index is 1120. The van der Waals surface area contributed by atoms with E-state index in [9.17, 15) is 18.4 Å².